The van der Waals surface area contributed by atoms with Crippen molar-refractivity contribution in [2.75, 3.05) is 18.6 Å². The molecule has 0 spiro atoms. The molecule has 2 nitrogen and oxygen atoms in total. The second-order valence-corrected chi connectivity index (χ2v) is 5.83. The van der Waals surface area contributed by atoms with Crippen molar-refractivity contribution in [3.63, 3.8) is 0 Å². The van der Waals surface area contributed by atoms with E-state index in [4.69, 9.17) is 4.74 Å². The van der Waals surface area contributed by atoms with E-state index in [9.17, 15) is 0 Å². The minimum Gasteiger partial charge on any atom is -0.493 e. The lowest BCUT2D eigenvalue weighted by molar-refractivity contribution is 0.314. The van der Waals surface area contributed by atoms with Gasteiger partial charge in [-0.15, -0.1) is 0 Å². The topological polar surface area (TPSA) is 21.3 Å². The first-order valence-electron chi connectivity index (χ1n) is 6.58. The molecule has 102 valence electrons. The number of aryl methyl sites for hydroxylation is 1. The zero-order valence-electron chi connectivity index (χ0n) is 12.0. The monoisotopic (exact) mass is 267 g/mol. The van der Waals surface area contributed by atoms with Gasteiger partial charge in [0.05, 0.1) is 6.61 Å². The molecule has 0 radical (unpaired) electrons. The van der Waals surface area contributed by atoms with Crippen molar-refractivity contribution in [3.8, 4) is 5.75 Å². The summed E-state index contributed by atoms with van der Waals surface area (Å²) in [6.45, 7) is 8.12. The predicted octanol–water partition coefficient (Wildman–Crippen LogP) is 3.62. The summed E-state index contributed by atoms with van der Waals surface area (Å²) in [4.78, 5) is 0. The van der Waals surface area contributed by atoms with Crippen LogP contribution in [0.4, 0.5) is 0 Å². The molecule has 0 aromatic heterocycles. The van der Waals surface area contributed by atoms with Crippen LogP contribution in [0.3, 0.4) is 0 Å². The Morgan fingerprint density at radius 3 is 2.78 bits per heavy atom. The van der Waals surface area contributed by atoms with E-state index < -0.39 is 0 Å². The first kappa shape index (κ1) is 15.4. The van der Waals surface area contributed by atoms with Gasteiger partial charge in [0.25, 0.3) is 0 Å². The first-order chi connectivity index (χ1) is 8.63. The van der Waals surface area contributed by atoms with Gasteiger partial charge in [-0.05, 0) is 31.4 Å². The molecular weight excluding hydrogens is 242 g/mol. The van der Waals surface area contributed by atoms with Crippen LogP contribution in [-0.2, 0) is 6.54 Å². The lowest BCUT2D eigenvalue weighted by Gasteiger charge is -2.14. The molecule has 18 heavy (non-hydrogen) atoms. The molecule has 0 heterocycles. The second-order valence-electron chi connectivity index (χ2n) is 4.84. The van der Waals surface area contributed by atoms with Crippen molar-refractivity contribution >= 4 is 11.8 Å². The Kier molecular flexibility index (Phi) is 7.21. The minimum absolute atomic E-state index is 0.495. The van der Waals surface area contributed by atoms with Gasteiger partial charge in [-0.3, -0.25) is 0 Å². The number of hydrogen-bond donors (Lipinski definition) is 1. The zero-order chi connectivity index (χ0) is 13.4. The summed E-state index contributed by atoms with van der Waals surface area (Å²) in [7, 11) is 0. The van der Waals surface area contributed by atoms with Crippen LogP contribution in [0.1, 0.15) is 31.4 Å². The molecule has 0 atom stereocenters. The minimum atomic E-state index is 0.495. The van der Waals surface area contributed by atoms with Crippen LogP contribution in [0.25, 0.3) is 0 Å². The van der Waals surface area contributed by atoms with Crippen LogP contribution in [0, 0.1) is 6.92 Å². The standard InChI is InChI=1S/C15H25NOS/c1-12(2)16-11-14-10-13(3)6-7-15(14)17-8-5-9-18-4/h6-7,10,12,16H,5,8-9,11H2,1-4H3. The highest BCUT2D eigenvalue weighted by Crippen LogP contribution is 2.20. The van der Waals surface area contributed by atoms with Crippen LogP contribution in [0.5, 0.6) is 5.75 Å². The van der Waals surface area contributed by atoms with Gasteiger partial charge in [0.1, 0.15) is 5.75 Å². The van der Waals surface area contributed by atoms with Crippen LogP contribution >= 0.6 is 11.8 Å². The van der Waals surface area contributed by atoms with Gasteiger partial charge in [-0.1, -0.05) is 31.5 Å². The largest absolute Gasteiger partial charge is 0.493 e. The molecule has 1 aromatic rings. The van der Waals surface area contributed by atoms with E-state index in [1.807, 2.05) is 11.8 Å². The molecular formula is C15H25NOS. The SMILES string of the molecule is CSCCCOc1ccc(C)cc1CNC(C)C. The molecule has 0 saturated carbocycles. The van der Waals surface area contributed by atoms with E-state index in [1.54, 1.807) is 0 Å². The molecule has 0 amide bonds. The summed E-state index contributed by atoms with van der Waals surface area (Å²) in [5.74, 6) is 2.18. The number of nitrogens with one attached hydrogen (secondary N) is 1. The van der Waals surface area contributed by atoms with Crippen molar-refractivity contribution in [3.05, 3.63) is 29.3 Å². The van der Waals surface area contributed by atoms with E-state index in [0.717, 1.165) is 31.1 Å². The van der Waals surface area contributed by atoms with Crippen molar-refractivity contribution in [1.82, 2.24) is 5.32 Å². The molecule has 1 aromatic carbocycles. The van der Waals surface area contributed by atoms with Gasteiger partial charge < -0.3 is 10.1 Å². The third-order valence-electron chi connectivity index (χ3n) is 2.67. The molecule has 0 unspecified atom stereocenters. The van der Waals surface area contributed by atoms with E-state index in [1.165, 1.54) is 11.1 Å². The molecule has 0 aliphatic heterocycles. The van der Waals surface area contributed by atoms with E-state index in [-0.39, 0.29) is 0 Å². The molecule has 1 N–H and O–H groups in total. The Balaban J connectivity index is 2.58. The van der Waals surface area contributed by atoms with Gasteiger partial charge in [0.15, 0.2) is 0 Å². The van der Waals surface area contributed by atoms with Gasteiger partial charge in [0, 0.05) is 18.2 Å². The normalized spacial score (nSPS) is 10.9. The van der Waals surface area contributed by atoms with Crippen LogP contribution in [-0.4, -0.2) is 24.7 Å². The fourth-order valence-electron chi connectivity index (χ4n) is 1.69. The van der Waals surface area contributed by atoms with Gasteiger partial charge in [0.2, 0.25) is 0 Å². The van der Waals surface area contributed by atoms with E-state index >= 15 is 0 Å². The Bertz CT molecular complexity index is 352. The van der Waals surface area contributed by atoms with Crippen molar-refractivity contribution in [1.29, 1.82) is 0 Å². The average molecular weight is 267 g/mol. The number of ether oxygens (including phenoxy) is 1. The van der Waals surface area contributed by atoms with Crippen LogP contribution in [0.15, 0.2) is 18.2 Å². The smallest absolute Gasteiger partial charge is 0.123 e. The molecule has 0 aliphatic carbocycles. The second kappa shape index (κ2) is 8.44. The summed E-state index contributed by atoms with van der Waals surface area (Å²) >= 11 is 1.87. The van der Waals surface area contributed by atoms with Gasteiger partial charge in [-0.25, -0.2) is 0 Å². The first-order valence-corrected chi connectivity index (χ1v) is 7.97. The molecule has 3 heteroatoms. The Labute approximate surface area is 116 Å². The fraction of sp³-hybridized carbons (Fsp3) is 0.600. The molecule has 0 saturated heterocycles. The molecule has 0 bridgehead atoms. The summed E-state index contributed by atoms with van der Waals surface area (Å²) in [6, 6.07) is 6.91. The number of benzene rings is 1. The van der Waals surface area contributed by atoms with Gasteiger partial charge >= 0.3 is 0 Å². The molecule has 1 rings (SSSR count). The third-order valence-corrected chi connectivity index (χ3v) is 3.36. The predicted molar refractivity (Wildman–Crippen MR) is 81.6 cm³/mol. The Hall–Kier alpha value is -0.670. The maximum Gasteiger partial charge on any atom is 0.123 e. The quantitative estimate of drug-likeness (QED) is 0.727. The highest BCUT2D eigenvalue weighted by molar-refractivity contribution is 7.98. The average Bonchev–Trinajstić information content (AvgIpc) is 2.34. The summed E-state index contributed by atoms with van der Waals surface area (Å²) in [6.07, 6.45) is 3.23. The zero-order valence-corrected chi connectivity index (χ0v) is 12.8. The highest BCUT2D eigenvalue weighted by atomic mass is 32.2. The number of hydrogen-bond acceptors (Lipinski definition) is 3. The maximum atomic E-state index is 5.87. The Morgan fingerprint density at radius 2 is 2.11 bits per heavy atom. The highest BCUT2D eigenvalue weighted by Gasteiger charge is 2.05. The summed E-state index contributed by atoms with van der Waals surface area (Å²) in [5, 5.41) is 3.45. The molecule has 0 aliphatic rings. The van der Waals surface area contributed by atoms with Gasteiger partial charge in [-0.2, -0.15) is 11.8 Å². The van der Waals surface area contributed by atoms with Crippen molar-refractivity contribution in [2.45, 2.75) is 39.8 Å². The van der Waals surface area contributed by atoms with E-state index in [2.05, 4.69) is 50.5 Å². The Morgan fingerprint density at radius 1 is 1.33 bits per heavy atom. The number of thioether (sulfide) groups is 1. The lowest BCUT2D eigenvalue weighted by Crippen LogP contribution is -2.22. The van der Waals surface area contributed by atoms with Crippen LogP contribution in [0.2, 0.25) is 0 Å². The molecule has 0 fully saturated rings. The fourth-order valence-corrected chi connectivity index (χ4v) is 2.09. The van der Waals surface area contributed by atoms with Crippen LogP contribution < -0.4 is 10.1 Å². The van der Waals surface area contributed by atoms with Crippen molar-refractivity contribution < 1.29 is 4.74 Å². The maximum absolute atomic E-state index is 5.87. The summed E-state index contributed by atoms with van der Waals surface area (Å²) < 4.78 is 5.87. The number of rotatable bonds is 8. The summed E-state index contributed by atoms with van der Waals surface area (Å²) in [5.41, 5.74) is 2.54. The third kappa shape index (κ3) is 5.78. The van der Waals surface area contributed by atoms with E-state index in [0.29, 0.717) is 6.04 Å². The van der Waals surface area contributed by atoms with Crippen molar-refractivity contribution in [2.24, 2.45) is 0 Å². The lowest BCUT2D eigenvalue weighted by atomic mass is 10.1.